The van der Waals surface area contributed by atoms with Crippen LogP contribution in [0.2, 0.25) is 0 Å². The Bertz CT molecular complexity index is 948. The van der Waals surface area contributed by atoms with Crippen molar-refractivity contribution in [2.45, 2.75) is 26.7 Å². The van der Waals surface area contributed by atoms with Gasteiger partial charge in [-0.15, -0.1) is 0 Å². The molecule has 4 heteroatoms. The van der Waals surface area contributed by atoms with E-state index in [0.717, 1.165) is 59.2 Å². The SMILES string of the molecule is CCc1nc(-c2cccc3c2OCC3)c(-c2ccc(C)cc2)nc1NC. The first-order chi connectivity index (χ1) is 12.7. The van der Waals surface area contributed by atoms with Crippen molar-refractivity contribution in [1.82, 2.24) is 9.97 Å². The summed E-state index contributed by atoms with van der Waals surface area (Å²) in [6.07, 6.45) is 1.77. The third-order valence-corrected chi connectivity index (χ3v) is 4.83. The van der Waals surface area contributed by atoms with Gasteiger partial charge in [0.2, 0.25) is 0 Å². The molecule has 0 bridgehead atoms. The van der Waals surface area contributed by atoms with E-state index in [0.29, 0.717) is 0 Å². The Morgan fingerprint density at radius 1 is 1.04 bits per heavy atom. The average molecular weight is 345 g/mol. The third kappa shape index (κ3) is 2.81. The lowest BCUT2D eigenvalue weighted by Crippen LogP contribution is -2.05. The molecule has 0 saturated heterocycles. The van der Waals surface area contributed by atoms with Gasteiger partial charge in [-0.3, -0.25) is 0 Å². The predicted molar refractivity (Wildman–Crippen MR) is 106 cm³/mol. The molecule has 3 aromatic rings. The number of rotatable bonds is 4. The van der Waals surface area contributed by atoms with E-state index in [1.165, 1.54) is 11.1 Å². The maximum absolute atomic E-state index is 5.94. The van der Waals surface area contributed by atoms with Gasteiger partial charge in [-0.1, -0.05) is 48.9 Å². The lowest BCUT2D eigenvalue weighted by atomic mass is 10.00. The first-order valence-electron chi connectivity index (χ1n) is 9.12. The molecule has 0 unspecified atom stereocenters. The van der Waals surface area contributed by atoms with E-state index < -0.39 is 0 Å². The van der Waals surface area contributed by atoms with Gasteiger partial charge in [0, 0.05) is 24.6 Å². The predicted octanol–water partition coefficient (Wildman–Crippen LogP) is 4.66. The summed E-state index contributed by atoms with van der Waals surface area (Å²) in [6, 6.07) is 14.7. The molecule has 2 aromatic carbocycles. The maximum atomic E-state index is 5.94. The van der Waals surface area contributed by atoms with E-state index in [1.807, 2.05) is 7.05 Å². The number of hydrogen-bond donors (Lipinski definition) is 1. The van der Waals surface area contributed by atoms with E-state index in [1.54, 1.807) is 0 Å². The Labute approximate surface area is 154 Å². The van der Waals surface area contributed by atoms with Crippen molar-refractivity contribution >= 4 is 5.82 Å². The monoisotopic (exact) mass is 345 g/mol. The molecule has 0 saturated carbocycles. The van der Waals surface area contributed by atoms with Gasteiger partial charge in [0.05, 0.1) is 18.0 Å². The van der Waals surface area contributed by atoms with Crippen LogP contribution in [0.3, 0.4) is 0 Å². The van der Waals surface area contributed by atoms with Crippen LogP contribution in [0.4, 0.5) is 5.82 Å². The summed E-state index contributed by atoms with van der Waals surface area (Å²) < 4.78 is 5.94. The van der Waals surface area contributed by atoms with E-state index in [9.17, 15) is 0 Å². The minimum absolute atomic E-state index is 0.731. The molecule has 2 heterocycles. The highest BCUT2D eigenvalue weighted by Gasteiger charge is 2.22. The van der Waals surface area contributed by atoms with Crippen LogP contribution in [0.15, 0.2) is 42.5 Å². The van der Waals surface area contributed by atoms with Gasteiger partial charge in [0.15, 0.2) is 0 Å². The van der Waals surface area contributed by atoms with Gasteiger partial charge in [-0.05, 0) is 25.0 Å². The second-order valence-corrected chi connectivity index (χ2v) is 6.58. The second kappa shape index (κ2) is 6.79. The van der Waals surface area contributed by atoms with E-state index in [4.69, 9.17) is 14.7 Å². The van der Waals surface area contributed by atoms with Crippen LogP contribution in [0.5, 0.6) is 5.75 Å². The molecule has 0 spiro atoms. The van der Waals surface area contributed by atoms with Crippen LogP contribution < -0.4 is 10.1 Å². The first-order valence-corrected chi connectivity index (χ1v) is 9.12. The topological polar surface area (TPSA) is 47.0 Å². The van der Waals surface area contributed by atoms with Crippen LogP contribution in [0, 0.1) is 6.92 Å². The van der Waals surface area contributed by atoms with Crippen LogP contribution in [-0.2, 0) is 12.8 Å². The molecular formula is C22H23N3O. The Morgan fingerprint density at radius 3 is 2.58 bits per heavy atom. The summed E-state index contributed by atoms with van der Waals surface area (Å²) in [7, 11) is 1.89. The number of hydrogen-bond acceptors (Lipinski definition) is 4. The van der Waals surface area contributed by atoms with Gasteiger partial charge < -0.3 is 10.1 Å². The quantitative estimate of drug-likeness (QED) is 0.747. The molecule has 0 aliphatic carbocycles. The molecule has 1 aliphatic rings. The summed E-state index contributed by atoms with van der Waals surface area (Å²) in [6.45, 7) is 4.93. The average Bonchev–Trinajstić information content (AvgIpc) is 3.16. The normalized spacial score (nSPS) is 12.6. The lowest BCUT2D eigenvalue weighted by molar-refractivity contribution is 0.358. The van der Waals surface area contributed by atoms with Gasteiger partial charge in [-0.25, -0.2) is 9.97 Å². The van der Waals surface area contributed by atoms with Crippen LogP contribution in [0.1, 0.15) is 23.7 Å². The van der Waals surface area contributed by atoms with Crippen LogP contribution in [0.25, 0.3) is 22.5 Å². The molecule has 1 aliphatic heterocycles. The fraction of sp³-hybridized carbons (Fsp3) is 0.273. The third-order valence-electron chi connectivity index (χ3n) is 4.83. The van der Waals surface area contributed by atoms with Crippen LogP contribution in [-0.4, -0.2) is 23.6 Å². The highest BCUT2D eigenvalue weighted by Crippen LogP contribution is 2.40. The molecule has 0 radical (unpaired) electrons. The van der Waals surface area contributed by atoms with E-state index in [2.05, 4.69) is 61.6 Å². The second-order valence-electron chi connectivity index (χ2n) is 6.58. The Hall–Kier alpha value is -2.88. The highest BCUT2D eigenvalue weighted by molar-refractivity contribution is 5.83. The van der Waals surface area contributed by atoms with Crippen molar-refractivity contribution in [3.63, 3.8) is 0 Å². The molecule has 26 heavy (non-hydrogen) atoms. The largest absolute Gasteiger partial charge is 0.492 e. The zero-order valence-electron chi connectivity index (χ0n) is 15.5. The highest BCUT2D eigenvalue weighted by atomic mass is 16.5. The van der Waals surface area contributed by atoms with Gasteiger partial charge in [-0.2, -0.15) is 0 Å². The number of aromatic nitrogens is 2. The lowest BCUT2D eigenvalue weighted by Gasteiger charge is -2.16. The fourth-order valence-corrected chi connectivity index (χ4v) is 3.42. The van der Waals surface area contributed by atoms with Crippen molar-refractivity contribution in [3.05, 3.63) is 59.3 Å². The molecule has 1 N–H and O–H groups in total. The molecular weight excluding hydrogens is 322 g/mol. The molecule has 1 aromatic heterocycles. The minimum Gasteiger partial charge on any atom is -0.492 e. The first kappa shape index (κ1) is 16.6. The van der Waals surface area contributed by atoms with Gasteiger partial charge in [0.1, 0.15) is 17.3 Å². The molecule has 4 nitrogen and oxygen atoms in total. The Kier molecular flexibility index (Phi) is 4.33. The van der Waals surface area contributed by atoms with Crippen LogP contribution >= 0.6 is 0 Å². The summed E-state index contributed by atoms with van der Waals surface area (Å²) >= 11 is 0. The Balaban J connectivity index is 1.98. The molecule has 4 rings (SSSR count). The van der Waals surface area contributed by atoms with Crippen molar-refractivity contribution in [2.75, 3.05) is 19.0 Å². The summed E-state index contributed by atoms with van der Waals surface area (Å²) in [5, 5.41) is 3.19. The standard InChI is InChI=1S/C22H23N3O/c1-4-18-22(23-3)25-19(15-10-8-14(2)9-11-15)20(24-18)17-7-5-6-16-12-13-26-21(16)17/h5-11H,4,12-13H2,1-3H3,(H,23,25). The molecule has 0 atom stereocenters. The van der Waals surface area contributed by atoms with Crippen molar-refractivity contribution in [1.29, 1.82) is 0 Å². The van der Waals surface area contributed by atoms with Gasteiger partial charge >= 0.3 is 0 Å². The summed E-state index contributed by atoms with van der Waals surface area (Å²) in [4.78, 5) is 9.94. The number of aryl methyl sites for hydroxylation is 2. The Morgan fingerprint density at radius 2 is 1.85 bits per heavy atom. The van der Waals surface area contributed by atoms with Crippen molar-refractivity contribution in [2.24, 2.45) is 0 Å². The fourth-order valence-electron chi connectivity index (χ4n) is 3.42. The number of anilines is 1. The minimum atomic E-state index is 0.731. The number of fused-ring (bicyclic) bond motifs is 1. The van der Waals surface area contributed by atoms with E-state index >= 15 is 0 Å². The maximum Gasteiger partial charge on any atom is 0.148 e. The number of benzene rings is 2. The molecule has 132 valence electrons. The van der Waals surface area contributed by atoms with Crippen molar-refractivity contribution in [3.8, 4) is 28.3 Å². The number of para-hydroxylation sites is 1. The summed E-state index contributed by atoms with van der Waals surface area (Å²) in [5.41, 5.74) is 7.31. The molecule has 0 fully saturated rings. The zero-order valence-corrected chi connectivity index (χ0v) is 15.5. The smallest absolute Gasteiger partial charge is 0.148 e. The zero-order chi connectivity index (χ0) is 18.1. The number of nitrogens with zero attached hydrogens (tertiary/aromatic N) is 2. The summed E-state index contributed by atoms with van der Waals surface area (Å²) in [5.74, 6) is 1.79. The van der Waals surface area contributed by atoms with Crippen molar-refractivity contribution < 1.29 is 4.74 Å². The molecule has 0 amide bonds. The number of nitrogens with one attached hydrogen (secondary N) is 1. The number of ether oxygens (including phenoxy) is 1. The van der Waals surface area contributed by atoms with Gasteiger partial charge in [0.25, 0.3) is 0 Å². The van der Waals surface area contributed by atoms with E-state index in [-0.39, 0.29) is 0 Å².